The fraction of sp³-hybridized carbons (Fsp3) is 0.250. The van der Waals surface area contributed by atoms with Gasteiger partial charge < -0.3 is 10.5 Å². The molecule has 0 amide bonds. The highest BCUT2D eigenvalue weighted by atomic mass is 19.4. The standard InChI is InChI=1S/C12H12F3N3O/c1-18-9(6-11(16)17-18)7-19-10-4-2-3-8(5-10)12(13,14)15/h2-6H,7H2,1H3,(H2,16,17). The van der Waals surface area contributed by atoms with Crippen molar-refractivity contribution in [3.63, 3.8) is 0 Å². The summed E-state index contributed by atoms with van der Waals surface area (Å²) in [7, 11) is 1.68. The third-order valence-corrected chi connectivity index (χ3v) is 2.54. The van der Waals surface area contributed by atoms with Gasteiger partial charge in [0.2, 0.25) is 0 Å². The van der Waals surface area contributed by atoms with Gasteiger partial charge in [-0.1, -0.05) is 6.07 Å². The Morgan fingerprint density at radius 1 is 1.32 bits per heavy atom. The molecule has 2 N–H and O–H groups in total. The van der Waals surface area contributed by atoms with E-state index in [4.69, 9.17) is 10.5 Å². The zero-order valence-corrected chi connectivity index (χ0v) is 10.1. The molecule has 0 aliphatic rings. The van der Waals surface area contributed by atoms with Gasteiger partial charge in [0.15, 0.2) is 0 Å². The van der Waals surface area contributed by atoms with Crippen molar-refractivity contribution in [2.24, 2.45) is 7.05 Å². The summed E-state index contributed by atoms with van der Waals surface area (Å²) >= 11 is 0. The average Bonchev–Trinajstić information content (AvgIpc) is 2.64. The van der Waals surface area contributed by atoms with E-state index in [9.17, 15) is 13.2 Å². The Morgan fingerprint density at radius 3 is 2.63 bits per heavy atom. The maximum Gasteiger partial charge on any atom is 0.416 e. The van der Waals surface area contributed by atoms with Gasteiger partial charge in [-0.15, -0.1) is 0 Å². The Labute approximate surface area is 107 Å². The minimum absolute atomic E-state index is 0.0992. The van der Waals surface area contributed by atoms with Gasteiger partial charge in [0, 0.05) is 13.1 Å². The van der Waals surface area contributed by atoms with Crippen LogP contribution in [0.2, 0.25) is 0 Å². The van der Waals surface area contributed by atoms with Crippen molar-refractivity contribution in [3.05, 3.63) is 41.6 Å². The van der Waals surface area contributed by atoms with Crippen LogP contribution >= 0.6 is 0 Å². The first-order chi connectivity index (χ1) is 8.86. The zero-order valence-electron chi connectivity index (χ0n) is 10.1. The van der Waals surface area contributed by atoms with Crippen LogP contribution in [0.4, 0.5) is 19.0 Å². The predicted octanol–water partition coefficient (Wildman–Crippen LogP) is 2.60. The molecule has 2 aromatic rings. The summed E-state index contributed by atoms with van der Waals surface area (Å²) in [5.41, 5.74) is 5.43. The molecule has 1 aromatic heterocycles. The van der Waals surface area contributed by atoms with Gasteiger partial charge in [-0.25, -0.2) is 0 Å². The van der Waals surface area contributed by atoms with Crippen LogP contribution in [0.3, 0.4) is 0 Å². The zero-order chi connectivity index (χ0) is 14.0. The van der Waals surface area contributed by atoms with Crippen LogP contribution < -0.4 is 10.5 Å². The molecule has 0 radical (unpaired) electrons. The van der Waals surface area contributed by atoms with Gasteiger partial charge >= 0.3 is 6.18 Å². The Balaban J connectivity index is 2.10. The lowest BCUT2D eigenvalue weighted by atomic mass is 10.2. The third kappa shape index (κ3) is 3.18. The summed E-state index contributed by atoms with van der Waals surface area (Å²) in [5, 5.41) is 3.91. The fourth-order valence-electron chi connectivity index (χ4n) is 1.58. The quantitative estimate of drug-likeness (QED) is 0.933. The van der Waals surface area contributed by atoms with Crippen molar-refractivity contribution in [3.8, 4) is 5.75 Å². The highest BCUT2D eigenvalue weighted by Gasteiger charge is 2.30. The average molecular weight is 271 g/mol. The predicted molar refractivity (Wildman–Crippen MR) is 63.4 cm³/mol. The Kier molecular flexibility index (Phi) is 3.37. The normalized spacial score (nSPS) is 11.6. The molecule has 0 saturated heterocycles. The van der Waals surface area contributed by atoms with Gasteiger partial charge in [-0.05, 0) is 18.2 Å². The first-order valence-electron chi connectivity index (χ1n) is 5.45. The smallest absolute Gasteiger partial charge is 0.416 e. The highest BCUT2D eigenvalue weighted by Crippen LogP contribution is 2.31. The second-order valence-electron chi connectivity index (χ2n) is 4.00. The topological polar surface area (TPSA) is 53.1 Å². The lowest BCUT2D eigenvalue weighted by molar-refractivity contribution is -0.137. The number of rotatable bonds is 3. The molecule has 0 fully saturated rings. The highest BCUT2D eigenvalue weighted by molar-refractivity contribution is 5.32. The van der Waals surface area contributed by atoms with Crippen LogP contribution in [0.5, 0.6) is 5.75 Å². The van der Waals surface area contributed by atoms with Crippen molar-refractivity contribution >= 4 is 5.82 Å². The summed E-state index contributed by atoms with van der Waals surface area (Å²) in [6.07, 6.45) is -4.38. The molecule has 0 saturated carbocycles. The van der Waals surface area contributed by atoms with E-state index in [2.05, 4.69) is 5.10 Å². The molecule has 0 unspecified atom stereocenters. The van der Waals surface area contributed by atoms with Crippen molar-refractivity contribution in [1.82, 2.24) is 9.78 Å². The van der Waals surface area contributed by atoms with Gasteiger partial charge in [0.1, 0.15) is 18.2 Å². The number of anilines is 1. The molecular formula is C12H12F3N3O. The van der Waals surface area contributed by atoms with Crippen LogP contribution in [0, 0.1) is 0 Å². The Bertz CT molecular complexity index is 578. The van der Waals surface area contributed by atoms with E-state index in [1.54, 1.807) is 13.1 Å². The third-order valence-electron chi connectivity index (χ3n) is 2.54. The number of nitrogens with two attached hydrogens (primary N) is 1. The number of nitrogens with zero attached hydrogens (tertiary/aromatic N) is 2. The van der Waals surface area contributed by atoms with E-state index in [0.29, 0.717) is 11.5 Å². The van der Waals surface area contributed by atoms with Gasteiger partial charge in [0.05, 0.1) is 11.3 Å². The molecule has 19 heavy (non-hydrogen) atoms. The van der Waals surface area contributed by atoms with Gasteiger partial charge in [-0.2, -0.15) is 18.3 Å². The van der Waals surface area contributed by atoms with Crippen LogP contribution in [0.15, 0.2) is 30.3 Å². The van der Waals surface area contributed by atoms with Crippen molar-refractivity contribution in [2.75, 3.05) is 5.73 Å². The molecule has 4 nitrogen and oxygen atoms in total. The number of nitrogen functional groups attached to an aromatic ring is 1. The lowest BCUT2D eigenvalue weighted by Crippen LogP contribution is -2.06. The number of aromatic nitrogens is 2. The van der Waals surface area contributed by atoms with E-state index in [1.807, 2.05) is 0 Å². The molecule has 0 aliphatic heterocycles. The lowest BCUT2D eigenvalue weighted by Gasteiger charge is -2.10. The van der Waals surface area contributed by atoms with Crippen LogP contribution in [-0.2, 0) is 19.8 Å². The van der Waals surface area contributed by atoms with Gasteiger partial charge in [-0.3, -0.25) is 4.68 Å². The number of hydrogen-bond donors (Lipinski definition) is 1. The molecule has 0 spiro atoms. The minimum Gasteiger partial charge on any atom is -0.487 e. The molecule has 7 heteroatoms. The fourth-order valence-corrected chi connectivity index (χ4v) is 1.58. The monoisotopic (exact) mass is 271 g/mol. The van der Waals surface area contributed by atoms with Crippen LogP contribution in [0.1, 0.15) is 11.3 Å². The maximum atomic E-state index is 12.5. The number of benzene rings is 1. The molecule has 102 valence electrons. The SMILES string of the molecule is Cn1nc(N)cc1COc1cccc(C(F)(F)F)c1. The van der Waals surface area contributed by atoms with E-state index in [-0.39, 0.29) is 12.4 Å². The van der Waals surface area contributed by atoms with Crippen LogP contribution in [0.25, 0.3) is 0 Å². The molecule has 2 rings (SSSR count). The second-order valence-corrected chi connectivity index (χ2v) is 4.00. The van der Waals surface area contributed by atoms with Crippen molar-refractivity contribution in [2.45, 2.75) is 12.8 Å². The van der Waals surface area contributed by atoms with Crippen LogP contribution in [-0.4, -0.2) is 9.78 Å². The summed E-state index contributed by atoms with van der Waals surface area (Å²) in [5.74, 6) is 0.486. The van der Waals surface area contributed by atoms with E-state index in [0.717, 1.165) is 12.1 Å². The summed E-state index contributed by atoms with van der Waals surface area (Å²) < 4.78 is 44.4. The van der Waals surface area contributed by atoms with E-state index < -0.39 is 11.7 Å². The van der Waals surface area contributed by atoms with Gasteiger partial charge in [0.25, 0.3) is 0 Å². The molecular weight excluding hydrogens is 259 g/mol. The minimum atomic E-state index is -4.38. The Hall–Kier alpha value is -2.18. The molecule has 1 heterocycles. The number of aryl methyl sites for hydroxylation is 1. The largest absolute Gasteiger partial charge is 0.487 e. The first-order valence-corrected chi connectivity index (χ1v) is 5.45. The number of ether oxygens (including phenoxy) is 1. The van der Waals surface area contributed by atoms with E-state index in [1.165, 1.54) is 16.8 Å². The summed E-state index contributed by atoms with van der Waals surface area (Å²) in [6.45, 7) is 0.0992. The number of alkyl halides is 3. The first kappa shape index (κ1) is 13.3. The van der Waals surface area contributed by atoms with E-state index >= 15 is 0 Å². The molecule has 0 bridgehead atoms. The molecule has 1 aromatic carbocycles. The number of hydrogen-bond acceptors (Lipinski definition) is 3. The van der Waals surface area contributed by atoms with Crippen molar-refractivity contribution < 1.29 is 17.9 Å². The van der Waals surface area contributed by atoms with Crippen molar-refractivity contribution in [1.29, 1.82) is 0 Å². The second kappa shape index (κ2) is 4.83. The molecule has 0 aliphatic carbocycles. The Morgan fingerprint density at radius 2 is 2.05 bits per heavy atom. The molecule has 0 atom stereocenters. The number of halogens is 3. The maximum absolute atomic E-state index is 12.5. The summed E-state index contributed by atoms with van der Waals surface area (Å²) in [6, 6.07) is 6.33. The summed E-state index contributed by atoms with van der Waals surface area (Å²) in [4.78, 5) is 0.